The van der Waals surface area contributed by atoms with Gasteiger partial charge in [-0.15, -0.1) is 0 Å². The summed E-state index contributed by atoms with van der Waals surface area (Å²) in [5, 5.41) is 12.4. The Balaban J connectivity index is 2.14. The minimum absolute atomic E-state index is 0.0593. The van der Waals surface area contributed by atoms with E-state index in [-0.39, 0.29) is 12.7 Å². The van der Waals surface area contributed by atoms with Crippen LogP contribution in [0, 0.1) is 0 Å². The van der Waals surface area contributed by atoms with Crippen LogP contribution in [0.2, 0.25) is 0 Å². The van der Waals surface area contributed by atoms with Crippen LogP contribution in [0.25, 0.3) is 0 Å². The van der Waals surface area contributed by atoms with E-state index in [1.807, 2.05) is 0 Å². The maximum Gasteiger partial charge on any atom is 0.104 e. The molecule has 120 valence electrons. The third kappa shape index (κ3) is 10.5. The first kappa shape index (κ1) is 17.8. The molecule has 1 heterocycles. The van der Waals surface area contributed by atoms with Crippen LogP contribution in [0.15, 0.2) is 0 Å². The maximum atomic E-state index is 9.14. The molecule has 1 fully saturated rings. The zero-order valence-electron chi connectivity index (χ0n) is 12.1. The van der Waals surface area contributed by atoms with E-state index in [0.29, 0.717) is 59.5 Å². The van der Waals surface area contributed by atoms with Gasteiger partial charge >= 0.3 is 0 Å². The number of nitrogens with one attached hydrogen (secondary N) is 1. The lowest BCUT2D eigenvalue weighted by atomic mass is 10.4. The molecule has 0 aromatic carbocycles. The summed E-state index contributed by atoms with van der Waals surface area (Å²) in [6, 6.07) is 0. The predicted molar refractivity (Wildman–Crippen MR) is 73.0 cm³/mol. The van der Waals surface area contributed by atoms with Crippen molar-refractivity contribution in [1.82, 2.24) is 5.32 Å². The van der Waals surface area contributed by atoms with Crippen molar-refractivity contribution < 1.29 is 28.8 Å². The Hall–Kier alpha value is -0.280. The quantitative estimate of drug-likeness (QED) is 0.644. The number of aliphatic hydroxyl groups excluding tert-OH is 1. The van der Waals surface area contributed by atoms with E-state index in [9.17, 15) is 0 Å². The fourth-order valence-corrected chi connectivity index (χ4v) is 1.60. The van der Waals surface area contributed by atoms with Crippen molar-refractivity contribution >= 4 is 0 Å². The molecule has 0 spiro atoms. The highest BCUT2D eigenvalue weighted by molar-refractivity contribution is 4.54. The van der Waals surface area contributed by atoms with E-state index in [1.54, 1.807) is 0 Å². The van der Waals surface area contributed by atoms with Crippen molar-refractivity contribution in [1.29, 1.82) is 0 Å². The lowest BCUT2D eigenvalue weighted by Gasteiger charge is -2.16. The Kier molecular flexibility index (Phi) is 12.2. The molecule has 20 heavy (non-hydrogen) atoms. The van der Waals surface area contributed by atoms with Gasteiger partial charge in [-0.1, -0.05) is 0 Å². The van der Waals surface area contributed by atoms with Gasteiger partial charge in [-0.05, 0) is 0 Å². The molecule has 0 amide bonds. The third-order valence-corrected chi connectivity index (χ3v) is 2.68. The van der Waals surface area contributed by atoms with Crippen molar-refractivity contribution in [2.75, 3.05) is 79.2 Å². The fraction of sp³-hybridized carbons (Fsp3) is 1.00. The summed E-state index contributed by atoms with van der Waals surface area (Å²) < 4.78 is 27.0. The van der Waals surface area contributed by atoms with E-state index in [4.69, 9.17) is 28.8 Å². The Morgan fingerprint density at radius 1 is 0.750 bits per heavy atom. The van der Waals surface area contributed by atoms with Crippen LogP contribution in [0.1, 0.15) is 0 Å². The third-order valence-electron chi connectivity index (χ3n) is 2.68. The highest BCUT2D eigenvalue weighted by Crippen LogP contribution is 1.93. The number of rotatable bonds is 1. The van der Waals surface area contributed by atoms with Gasteiger partial charge in [0.2, 0.25) is 0 Å². The first-order valence-electron chi connectivity index (χ1n) is 7.17. The minimum Gasteiger partial charge on any atom is -0.394 e. The zero-order chi connectivity index (χ0) is 14.3. The van der Waals surface area contributed by atoms with Gasteiger partial charge in [-0.2, -0.15) is 0 Å². The second kappa shape index (κ2) is 13.7. The standard InChI is InChI=1S/C13H27NO6/c15-11-13-12-19-8-7-18-6-5-16-3-1-14-2-4-17-9-10-20-13/h13-15H,1-12H2. The van der Waals surface area contributed by atoms with Crippen molar-refractivity contribution in [3.8, 4) is 0 Å². The summed E-state index contributed by atoms with van der Waals surface area (Å²) in [7, 11) is 0. The molecule has 0 radical (unpaired) electrons. The van der Waals surface area contributed by atoms with Crippen molar-refractivity contribution in [2.24, 2.45) is 0 Å². The molecule has 0 aromatic rings. The zero-order valence-corrected chi connectivity index (χ0v) is 12.1. The van der Waals surface area contributed by atoms with Gasteiger partial charge in [0, 0.05) is 13.1 Å². The van der Waals surface area contributed by atoms with Crippen LogP contribution in [0.4, 0.5) is 0 Å². The Labute approximate surface area is 120 Å². The highest BCUT2D eigenvalue weighted by Gasteiger charge is 2.07. The molecule has 1 unspecified atom stereocenters. The van der Waals surface area contributed by atoms with Crippen molar-refractivity contribution in [3.63, 3.8) is 0 Å². The maximum absolute atomic E-state index is 9.14. The number of aliphatic hydroxyl groups is 1. The Morgan fingerprint density at radius 3 is 1.95 bits per heavy atom. The molecule has 0 bridgehead atoms. The van der Waals surface area contributed by atoms with Crippen LogP contribution in [0.3, 0.4) is 0 Å². The molecule has 0 aromatic heterocycles. The summed E-state index contributed by atoms with van der Waals surface area (Å²) in [6.07, 6.45) is -0.307. The average molecular weight is 293 g/mol. The lowest BCUT2D eigenvalue weighted by Crippen LogP contribution is -2.28. The summed E-state index contributed by atoms with van der Waals surface area (Å²) in [5.41, 5.74) is 0. The predicted octanol–water partition coefficient (Wildman–Crippen LogP) is -0.966. The molecule has 1 rings (SSSR count). The van der Waals surface area contributed by atoms with Gasteiger partial charge < -0.3 is 34.1 Å². The molecule has 1 saturated heterocycles. The van der Waals surface area contributed by atoms with Crippen LogP contribution >= 0.6 is 0 Å². The summed E-state index contributed by atoms with van der Waals surface area (Å²) >= 11 is 0. The molecule has 7 heteroatoms. The minimum atomic E-state index is -0.307. The Bertz CT molecular complexity index is 189. The van der Waals surface area contributed by atoms with Gasteiger partial charge in [0.25, 0.3) is 0 Å². The van der Waals surface area contributed by atoms with Gasteiger partial charge in [-0.25, -0.2) is 0 Å². The van der Waals surface area contributed by atoms with Crippen LogP contribution in [0.5, 0.6) is 0 Å². The summed E-state index contributed by atoms with van der Waals surface area (Å²) in [5.74, 6) is 0. The van der Waals surface area contributed by atoms with Gasteiger partial charge in [0.15, 0.2) is 0 Å². The van der Waals surface area contributed by atoms with Crippen LogP contribution in [-0.4, -0.2) is 90.4 Å². The second-order valence-corrected chi connectivity index (χ2v) is 4.34. The van der Waals surface area contributed by atoms with Crippen LogP contribution in [-0.2, 0) is 23.7 Å². The molecule has 1 atom stereocenters. The van der Waals surface area contributed by atoms with Gasteiger partial charge in [0.1, 0.15) is 6.10 Å². The molecule has 1 aliphatic rings. The SMILES string of the molecule is OCC1COCCOCCOCCNCCOCCO1. The molecular weight excluding hydrogens is 266 g/mol. The van der Waals surface area contributed by atoms with Gasteiger partial charge in [-0.3, -0.25) is 0 Å². The van der Waals surface area contributed by atoms with Crippen molar-refractivity contribution in [2.45, 2.75) is 6.10 Å². The van der Waals surface area contributed by atoms with E-state index in [2.05, 4.69) is 5.32 Å². The largest absolute Gasteiger partial charge is 0.394 e. The summed E-state index contributed by atoms with van der Waals surface area (Å²) in [4.78, 5) is 0. The average Bonchev–Trinajstić information content (AvgIpc) is 2.47. The number of hydrogen-bond donors (Lipinski definition) is 2. The molecule has 1 aliphatic heterocycles. The number of ether oxygens (including phenoxy) is 5. The summed E-state index contributed by atoms with van der Waals surface area (Å²) in [6.45, 7) is 6.30. The smallest absolute Gasteiger partial charge is 0.104 e. The van der Waals surface area contributed by atoms with E-state index in [1.165, 1.54) is 0 Å². The van der Waals surface area contributed by atoms with Gasteiger partial charge in [0.05, 0.1) is 66.1 Å². The monoisotopic (exact) mass is 293 g/mol. The Morgan fingerprint density at radius 2 is 1.30 bits per heavy atom. The van der Waals surface area contributed by atoms with Crippen molar-refractivity contribution in [3.05, 3.63) is 0 Å². The fourth-order valence-electron chi connectivity index (χ4n) is 1.60. The topological polar surface area (TPSA) is 78.4 Å². The first-order valence-corrected chi connectivity index (χ1v) is 7.17. The molecule has 7 nitrogen and oxygen atoms in total. The molecule has 0 saturated carbocycles. The van der Waals surface area contributed by atoms with E-state index < -0.39 is 0 Å². The first-order chi connectivity index (χ1) is 9.93. The molecule has 0 aliphatic carbocycles. The normalized spacial score (nSPS) is 26.6. The number of hydrogen-bond acceptors (Lipinski definition) is 7. The van der Waals surface area contributed by atoms with E-state index in [0.717, 1.165) is 13.1 Å². The highest BCUT2D eigenvalue weighted by atomic mass is 16.6. The molecular formula is C13H27NO6. The van der Waals surface area contributed by atoms with E-state index >= 15 is 0 Å². The van der Waals surface area contributed by atoms with Crippen LogP contribution < -0.4 is 5.32 Å². The lowest BCUT2D eigenvalue weighted by molar-refractivity contribution is -0.0676. The molecule has 2 N–H and O–H groups in total. The second-order valence-electron chi connectivity index (χ2n) is 4.34.